The highest BCUT2D eigenvalue weighted by atomic mass is 14.6. The van der Waals surface area contributed by atoms with Crippen LogP contribution in [-0.4, -0.2) is 0 Å². The molecular weight excluding hydrogens is 240 g/mol. The molecule has 0 aromatic heterocycles. The summed E-state index contributed by atoms with van der Waals surface area (Å²) in [7, 11) is 0. The van der Waals surface area contributed by atoms with Crippen molar-refractivity contribution >= 4 is 0 Å². The van der Waals surface area contributed by atoms with E-state index in [0.717, 1.165) is 11.8 Å². The van der Waals surface area contributed by atoms with Gasteiger partial charge in [-0.25, -0.2) is 0 Å². The van der Waals surface area contributed by atoms with Crippen LogP contribution < -0.4 is 0 Å². The Balaban J connectivity index is 2.06. The van der Waals surface area contributed by atoms with Crippen molar-refractivity contribution in [1.82, 2.24) is 0 Å². The van der Waals surface area contributed by atoms with Gasteiger partial charge in [0.25, 0.3) is 0 Å². The number of hydrogen-bond acceptors (Lipinski definition) is 0. The average molecular weight is 272 g/mol. The van der Waals surface area contributed by atoms with Crippen LogP contribution in [0.5, 0.6) is 0 Å². The van der Waals surface area contributed by atoms with Gasteiger partial charge >= 0.3 is 0 Å². The monoisotopic (exact) mass is 272 g/mol. The fourth-order valence-electron chi connectivity index (χ4n) is 3.96. The van der Waals surface area contributed by atoms with Crippen molar-refractivity contribution in [2.45, 2.75) is 73.1 Å². The molecule has 0 aromatic carbocycles. The first-order chi connectivity index (χ1) is 9.43. The number of allylic oxidation sites excluding steroid dienone is 6. The Morgan fingerprint density at radius 2 is 2.00 bits per heavy atom. The third-order valence-corrected chi connectivity index (χ3v) is 5.51. The lowest BCUT2D eigenvalue weighted by molar-refractivity contribution is 0.443. The van der Waals surface area contributed by atoms with Crippen molar-refractivity contribution < 1.29 is 0 Å². The molecule has 0 heteroatoms. The van der Waals surface area contributed by atoms with Gasteiger partial charge in [-0.05, 0) is 83.5 Å². The zero-order chi connectivity index (χ0) is 14.8. The molecule has 1 fully saturated rings. The molecule has 0 aliphatic heterocycles. The summed E-state index contributed by atoms with van der Waals surface area (Å²) in [6, 6.07) is 0. The van der Waals surface area contributed by atoms with Crippen molar-refractivity contribution in [1.29, 1.82) is 0 Å². The molecule has 0 spiro atoms. The molecule has 20 heavy (non-hydrogen) atoms. The third kappa shape index (κ3) is 3.65. The molecule has 0 saturated heterocycles. The Bertz CT molecular complexity index is 431. The second-order valence-electron chi connectivity index (χ2n) is 7.60. The lowest BCUT2D eigenvalue weighted by Crippen LogP contribution is -1.99. The molecule has 0 radical (unpaired) electrons. The predicted molar refractivity (Wildman–Crippen MR) is 89.7 cm³/mol. The maximum atomic E-state index is 2.61. The summed E-state index contributed by atoms with van der Waals surface area (Å²) < 4.78 is 0. The van der Waals surface area contributed by atoms with Crippen LogP contribution in [0.4, 0.5) is 0 Å². The Kier molecular flexibility index (Phi) is 4.94. The Labute approximate surface area is 126 Å². The normalized spacial score (nSPS) is 38.9. The lowest BCUT2D eigenvalue weighted by atomic mass is 9.95. The van der Waals surface area contributed by atoms with Gasteiger partial charge in [-0.2, -0.15) is 0 Å². The molecule has 0 N–H and O–H groups in total. The summed E-state index contributed by atoms with van der Waals surface area (Å²) >= 11 is 0. The standard InChI is InChI=1S/C20H32/c1-15(2)8-7-13-20(5)18-12-11-16(3)9-6-10-17(4)14-19(18)20/h8-9,14,18-19H,6-7,10-13H2,1-5H3/b16-9-,17-14-/t18-,19+,20+/m0/s1. The quantitative estimate of drug-likeness (QED) is 0.518. The molecule has 0 amide bonds. The third-order valence-electron chi connectivity index (χ3n) is 5.51. The summed E-state index contributed by atoms with van der Waals surface area (Å²) in [5.41, 5.74) is 5.25. The summed E-state index contributed by atoms with van der Waals surface area (Å²) in [6.07, 6.45) is 15.3. The molecule has 0 bridgehead atoms. The van der Waals surface area contributed by atoms with Gasteiger partial charge in [0.2, 0.25) is 0 Å². The first-order valence-electron chi connectivity index (χ1n) is 8.40. The Morgan fingerprint density at radius 3 is 2.70 bits per heavy atom. The van der Waals surface area contributed by atoms with Crippen molar-refractivity contribution in [3.05, 3.63) is 34.9 Å². The van der Waals surface area contributed by atoms with Crippen LogP contribution in [0.2, 0.25) is 0 Å². The second kappa shape index (κ2) is 6.33. The largest absolute Gasteiger partial charge is 0.0859 e. The molecule has 0 unspecified atom stereocenters. The van der Waals surface area contributed by atoms with Gasteiger partial charge in [0.1, 0.15) is 0 Å². The van der Waals surface area contributed by atoms with E-state index in [1.165, 1.54) is 44.1 Å². The number of rotatable bonds is 3. The highest BCUT2D eigenvalue weighted by Crippen LogP contribution is 2.64. The minimum atomic E-state index is 0.567. The van der Waals surface area contributed by atoms with Crippen LogP contribution in [0.15, 0.2) is 34.9 Å². The van der Waals surface area contributed by atoms with Gasteiger partial charge in [0, 0.05) is 0 Å². The topological polar surface area (TPSA) is 0 Å². The van der Waals surface area contributed by atoms with E-state index in [0.29, 0.717) is 5.41 Å². The fraction of sp³-hybridized carbons (Fsp3) is 0.700. The van der Waals surface area contributed by atoms with Crippen LogP contribution >= 0.6 is 0 Å². The molecule has 2 aliphatic rings. The minimum Gasteiger partial charge on any atom is -0.0859 e. The van der Waals surface area contributed by atoms with Gasteiger partial charge in [-0.15, -0.1) is 0 Å². The molecule has 0 aromatic rings. The fourth-order valence-corrected chi connectivity index (χ4v) is 3.96. The smallest absolute Gasteiger partial charge is 0.0140 e. The molecule has 2 rings (SSSR count). The molecule has 0 nitrogen and oxygen atoms in total. The van der Waals surface area contributed by atoms with E-state index >= 15 is 0 Å². The second-order valence-corrected chi connectivity index (χ2v) is 7.60. The van der Waals surface area contributed by atoms with E-state index in [-0.39, 0.29) is 0 Å². The first kappa shape index (κ1) is 15.6. The van der Waals surface area contributed by atoms with Gasteiger partial charge in [0.05, 0.1) is 0 Å². The van der Waals surface area contributed by atoms with E-state index in [1.807, 2.05) is 0 Å². The molecule has 1 saturated carbocycles. The first-order valence-corrected chi connectivity index (χ1v) is 8.40. The molecule has 0 heterocycles. The van der Waals surface area contributed by atoms with Crippen molar-refractivity contribution in [3.63, 3.8) is 0 Å². The van der Waals surface area contributed by atoms with Crippen LogP contribution in [0.3, 0.4) is 0 Å². The average Bonchev–Trinajstić information content (AvgIpc) is 2.90. The van der Waals surface area contributed by atoms with Gasteiger partial charge in [-0.1, -0.05) is 41.9 Å². The van der Waals surface area contributed by atoms with Crippen LogP contribution in [0.25, 0.3) is 0 Å². The van der Waals surface area contributed by atoms with Crippen LogP contribution in [0.1, 0.15) is 73.1 Å². The zero-order valence-electron chi connectivity index (χ0n) is 14.1. The number of hydrogen-bond donors (Lipinski definition) is 0. The highest BCUT2D eigenvalue weighted by Gasteiger charge is 2.57. The summed E-state index contributed by atoms with van der Waals surface area (Å²) in [4.78, 5) is 0. The number of fused-ring (bicyclic) bond motifs is 1. The van der Waals surface area contributed by atoms with Gasteiger partial charge < -0.3 is 0 Å². The minimum absolute atomic E-state index is 0.567. The van der Waals surface area contributed by atoms with E-state index in [9.17, 15) is 0 Å². The predicted octanol–water partition coefficient (Wildman–Crippen LogP) is 6.45. The zero-order valence-corrected chi connectivity index (χ0v) is 14.1. The SMILES string of the molecule is CC(C)=CCC[C@@]1(C)[C@@H]2/C=C(/C)CC/C=C(/C)CC[C@@H]21. The molecule has 112 valence electrons. The molecule has 2 aliphatic carbocycles. The van der Waals surface area contributed by atoms with E-state index < -0.39 is 0 Å². The van der Waals surface area contributed by atoms with Gasteiger partial charge in [0.15, 0.2) is 0 Å². The van der Waals surface area contributed by atoms with Crippen LogP contribution in [-0.2, 0) is 0 Å². The summed E-state index contributed by atoms with van der Waals surface area (Å²) in [6.45, 7) is 11.6. The van der Waals surface area contributed by atoms with E-state index in [1.54, 1.807) is 11.1 Å². The summed E-state index contributed by atoms with van der Waals surface area (Å²) in [5.74, 6) is 1.77. The maximum Gasteiger partial charge on any atom is -0.0140 e. The molecular formula is C20H32. The highest BCUT2D eigenvalue weighted by molar-refractivity contribution is 5.21. The van der Waals surface area contributed by atoms with Crippen molar-refractivity contribution in [2.75, 3.05) is 0 Å². The van der Waals surface area contributed by atoms with E-state index in [4.69, 9.17) is 0 Å². The summed E-state index contributed by atoms with van der Waals surface area (Å²) in [5, 5.41) is 0. The Hall–Kier alpha value is -0.780. The molecule has 3 atom stereocenters. The lowest BCUT2D eigenvalue weighted by Gasteiger charge is -2.10. The van der Waals surface area contributed by atoms with Crippen LogP contribution in [0, 0.1) is 17.3 Å². The Morgan fingerprint density at radius 1 is 1.25 bits per heavy atom. The van der Waals surface area contributed by atoms with Crippen molar-refractivity contribution in [3.8, 4) is 0 Å². The van der Waals surface area contributed by atoms with E-state index in [2.05, 4.69) is 52.8 Å². The van der Waals surface area contributed by atoms with Crippen molar-refractivity contribution in [2.24, 2.45) is 17.3 Å². The van der Waals surface area contributed by atoms with Gasteiger partial charge in [-0.3, -0.25) is 0 Å². The maximum absolute atomic E-state index is 2.61.